The van der Waals surface area contributed by atoms with E-state index in [4.69, 9.17) is 5.73 Å². The molecule has 0 bridgehead atoms. The Morgan fingerprint density at radius 3 is 2.44 bits per heavy atom. The van der Waals surface area contributed by atoms with Crippen LogP contribution in [0.15, 0.2) is 57.4 Å². The molecule has 2 aromatic heterocycles. The van der Waals surface area contributed by atoms with Gasteiger partial charge in [-0.2, -0.15) is 0 Å². The first-order valence-corrected chi connectivity index (χ1v) is 12.1. The first-order valence-electron chi connectivity index (χ1n) is 11.2. The van der Waals surface area contributed by atoms with Crippen LogP contribution in [0.2, 0.25) is 0 Å². The zero-order valence-corrected chi connectivity index (χ0v) is 19.7. The second-order valence-corrected chi connectivity index (χ2v) is 9.14. The molecule has 178 valence electrons. The number of benzene rings is 1. The minimum atomic E-state index is -0.688. The quantitative estimate of drug-likeness (QED) is 0.559. The zero-order valence-electron chi connectivity index (χ0n) is 18.9. The maximum Gasteiger partial charge on any atom is 0.330 e. The highest BCUT2D eigenvalue weighted by Gasteiger charge is 2.33. The van der Waals surface area contributed by atoms with Crippen LogP contribution in [0, 0.1) is 5.92 Å². The monoisotopic (exact) mass is 481 g/mol. The second kappa shape index (κ2) is 10.1. The van der Waals surface area contributed by atoms with Crippen molar-refractivity contribution in [3.8, 4) is 0 Å². The van der Waals surface area contributed by atoms with Crippen LogP contribution in [0.4, 0.5) is 11.5 Å². The summed E-state index contributed by atoms with van der Waals surface area (Å²) in [6, 6.07) is 12.9. The fourth-order valence-electron chi connectivity index (χ4n) is 4.29. The summed E-state index contributed by atoms with van der Waals surface area (Å²) < 4.78 is 1.27. The van der Waals surface area contributed by atoms with Crippen molar-refractivity contribution in [2.24, 2.45) is 5.92 Å². The fraction of sp³-hybridized carbons (Fsp3) is 0.333. The normalized spacial score (nSPS) is 14.2. The van der Waals surface area contributed by atoms with Crippen LogP contribution >= 0.6 is 11.3 Å². The smallest absolute Gasteiger partial charge is 0.330 e. The summed E-state index contributed by atoms with van der Waals surface area (Å²) in [5.41, 5.74) is 5.80. The molecule has 0 saturated carbocycles. The van der Waals surface area contributed by atoms with Gasteiger partial charge in [0.2, 0.25) is 5.91 Å². The van der Waals surface area contributed by atoms with Crippen molar-refractivity contribution in [3.63, 3.8) is 0 Å². The number of nitrogens with two attached hydrogens (primary N) is 1. The maximum absolute atomic E-state index is 13.4. The number of thiophene rings is 1. The Bertz CT molecular complexity index is 1270. The molecule has 10 heteroatoms. The molecule has 1 aromatic carbocycles. The standard InChI is InChI=1S/C24H27N5O4S/c1-2-28(22(31)17-10-12-27(13-11-17)23(32)18-9-6-14-34-18)19-20(25)29(24(33)26-21(19)30)15-16-7-4-3-5-8-16/h3-9,14,17H,2,10-13,15,25H2,1H3,(H,26,30,33). The lowest BCUT2D eigenvalue weighted by atomic mass is 9.95. The van der Waals surface area contributed by atoms with Crippen LogP contribution in [0.5, 0.6) is 0 Å². The van der Waals surface area contributed by atoms with E-state index in [0.717, 1.165) is 5.56 Å². The van der Waals surface area contributed by atoms with E-state index in [1.165, 1.54) is 20.8 Å². The molecule has 9 nitrogen and oxygen atoms in total. The van der Waals surface area contributed by atoms with Crippen molar-refractivity contribution in [2.45, 2.75) is 26.3 Å². The van der Waals surface area contributed by atoms with Crippen molar-refractivity contribution < 1.29 is 9.59 Å². The minimum absolute atomic E-state index is 0.0138. The Labute approximate surface area is 200 Å². The molecule has 1 fully saturated rings. The Morgan fingerprint density at radius 1 is 1.12 bits per heavy atom. The predicted molar refractivity (Wildman–Crippen MR) is 132 cm³/mol. The van der Waals surface area contributed by atoms with E-state index in [1.807, 2.05) is 41.8 Å². The van der Waals surface area contributed by atoms with Gasteiger partial charge in [-0.05, 0) is 36.8 Å². The number of aromatic amines is 1. The van der Waals surface area contributed by atoms with Crippen LogP contribution in [0.3, 0.4) is 0 Å². The van der Waals surface area contributed by atoms with Crippen LogP contribution in [0.1, 0.15) is 35.0 Å². The van der Waals surface area contributed by atoms with E-state index in [9.17, 15) is 19.2 Å². The largest absolute Gasteiger partial charge is 0.383 e. The molecule has 1 saturated heterocycles. The van der Waals surface area contributed by atoms with Crippen molar-refractivity contribution in [1.29, 1.82) is 0 Å². The van der Waals surface area contributed by atoms with Crippen molar-refractivity contribution >= 4 is 34.7 Å². The van der Waals surface area contributed by atoms with Crippen LogP contribution in [0.25, 0.3) is 0 Å². The molecule has 0 spiro atoms. The number of hydrogen-bond donors (Lipinski definition) is 2. The first kappa shape index (κ1) is 23.5. The Kier molecular flexibility index (Phi) is 6.97. The number of likely N-dealkylation sites (tertiary alicyclic amines) is 1. The predicted octanol–water partition coefficient (Wildman–Crippen LogP) is 2.13. The molecule has 3 heterocycles. The van der Waals surface area contributed by atoms with E-state index in [1.54, 1.807) is 17.9 Å². The van der Waals surface area contributed by atoms with Gasteiger partial charge in [0.1, 0.15) is 5.82 Å². The average Bonchev–Trinajstić information content (AvgIpc) is 3.39. The summed E-state index contributed by atoms with van der Waals surface area (Å²) in [7, 11) is 0. The molecule has 4 rings (SSSR count). The number of nitrogens with zero attached hydrogens (tertiary/aromatic N) is 3. The molecule has 0 radical (unpaired) electrons. The van der Waals surface area contributed by atoms with Gasteiger partial charge in [0.15, 0.2) is 5.69 Å². The Morgan fingerprint density at radius 2 is 1.82 bits per heavy atom. The van der Waals surface area contributed by atoms with Crippen molar-refractivity contribution in [1.82, 2.24) is 14.5 Å². The number of aromatic nitrogens is 2. The maximum atomic E-state index is 13.4. The molecule has 1 aliphatic rings. The summed E-state index contributed by atoms with van der Waals surface area (Å²) in [5.74, 6) is -0.645. The molecule has 2 amide bonds. The number of rotatable bonds is 6. The molecule has 34 heavy (non-hydrogen) atoms. The molecule has 1 aliphatic heterocycles. The lowest BCUT2D eigenvalue weighted by Gasteiger charge is -2.34. The van der Waals surface area contributed by atoms with E-state index in [-0.39, 0.29) is 42.3 Å². The Balaban J connectivity index is 1.54. The third-order valence-corrected chi connectivity index (χ3v) is 6.97. The fourth-order valence-corrected chi connectivity index (χ4v) is 4.98. The summed E-state index contributed by atoms with van der Waals surface area (Å²) in [4.78, 5) is 57.3. The van der Waals surface area contributed by atoms with Gasteiger partial charge in [-0.3, -0.25) is 23.9 Å². The van der Waals surface area contributed by atoms with Crippen molar-refractivity contribution in [3.05, 3.63) is 79.1 Å². The molecular weight excluding hydrogens is 454 g/mol. The highest BCUT2D eigenvalue weighted by atomic mass is 32.1. The van der Waals surface area contributed by atoms with Gasteiger partial charge in [-0.1, -0.05) is 36.4 Å². The lowest BCUT2D eigenvalue weighted by Crippen LogP contribution is -2.47. The van der Waals surface area contributed by atoms with Gasteiger partial charge < -0.3 is 15.5 Å². The summed E-state index contributed by atoms with van der Waals surface area (Å²) in [6.07, 6.45) is 0.988. The van der Waals surface area contributed by atoms with Gasteiger partial charge in [0.25, 0.3) is 11.5 Å². The topological polar surface area (TPSA) is 121 Å². The van der Waals surface area contributed by atoms with Crippen LogP contribution in [-0.4, -0.2) is 45.9 Å². The van der Waals surface area contributed by atoms with E-state index >= 15 is 0 Å². The second-order valence-electron chi connectivity index (χ2n) is 8.19. The third kappa shape index (κ3) is 4.67. The number of anilines is 2. The number of H-pyrrole nitrogens is 1. The van der Waals surface area contributed by atoms with Crippen molar-refractivity contribution in [2.75, 3.05) is 30.3 Å². The van der Waals surface area contributed by atoms with E-state index in [0.29, 0.717) is 30.8 Å². The van der Waals surface area contributed by atoms with Gasteiger partial charge >= 0.3 is 5.69 Å². The summed E-state index contributed by atoms with van der Waals surface area (Å²) >= 11 is 1.40. The third-order valence-electron chi connectivity index (χ3n) is 6.11. The Hall–Kier alpha value is -3.66. The molecule has 3 aromatic rings. The molecular formula is C24H27N5O4S. The molecule has 0 aliphatic carbocycles. The number of nitrogen functional groups attached to an aromatic ring is 1. The summed E-state index contributed by atoms with van der Waals surface area (Å²) in [6.45, 7) is 3.08. The van der Waals surface area contributed by atoms with Gasteiger partial charge in [0, 0.05) is 25.6 Å². The van der Waals surface area contributed by atoms with Gasteiger partial charge in [-0.25, -0.2) is 4.79 Å². The number of carbonyl (C=O) groups excluding carboxylic acids is 2. The highest BCUT2D eigenvalue weighted by Crippen LogP contribution is 2.26. The molecule has 0 atom stereocenters. The van der Waals surface area contributed by atoms with Crippen LogP contribution < -0.4 is 21.9 Å². The summed E-state index contributed by atoms with van der Waals surface area (Å²) in [5, 5.41) is 1.86. The number of carbonyl (C=O) groups is 2. The van der Waals surface area contributed by atoms with E-state index < -0.39 is 11.2 Å². The molecule has 3 N–H and O–H groups in total. The average molecular weight is 482 g/mol. The van der Waals surface area contributed by atoms with Gasteiger partial charge in [-0.15, -0.1) is 11.3 Å². The number of hydrogen-bond acceptors (Lipinski definition) is 6. The highest BCUT2D eigenvalue weighted by molar-refractivity contribution is 7.12. The van der Waals surface area contributed by atoms with Crippen LogP contribution in [-0.2, 0) is 11.3 Å². The number of piperidine rings is 1. The lowest BCUT2D eigenvalue weighted by molar-refractivity contribution is -0.123. The van der Waals surface area contributed by atoms with Gasteiger partial charge in [0.05, 0.1) is 11.4 Å². The SMILES string of the molecule is CCN(C(=O)C1CCN(C(=O)c2cccs2)CC1)c1c(N)n(Cc2ccccc2)c(=O)[nH]c1=O. The minimum Gasteiger partial charge on any atom is -0.383 e. The number of nitrogens with one attached hydrogen (secondary N) is 1. The number of amides is 2. The zero-order chi connectivity index (χ0) is 24.2. The first-order chi connectivity index (χ1) is 16.4. The van der Waals surface area contributed by atoms with E-state index in [2.05, 4.69) is 4.98 Å². The molecule has 0 unspecified atom stereocenters.